The van der Waals surface area contributed by atoms with E-state index in [9.17, 15) is 18.8 Å². The first-order valence-corrected chi connectivity index (χ1v) is 13.3. The topological polar surface area (TPSA) is 93.8 Å². The number of amides is 3. The molecule has 3 amide bonds. The summed E-state index contributed by atoms with van der Waals surface area (Å²) in [5.74, 6) is -0.809. The minimum atomic E-state index is -0.434. The van der Waals surface area contributed by atoms with Crippen molar-refractivity contribution in [2.75, 3.05) is 50.9 Å². The Morgan fingerprint density at radius 3 is 2.27 bits per heavy atom. The van der Waals surface area contributed by atoms with Gasteiger partial charge in [0.15, 0.2) is 0 Å². The minimum absolute atomic E-state index is 0.00306. The maximum Gasteiger partial charge on any atom is 0.258 e. The largest absolute Gasteiger partial charge is 0.359 e. The molecule has 0 bridgehead atoms. The Kier molecular flexibility index (Phi) is 7.93. The molecule has 1 fully saturated rings. The number of nitrogens with one attached hydrogen (secondary N) is 3. The lowest BCUT2D eigenvalue weighted by Crippen LogP contribution is -2.47. The fraction of sp³-hybridized carbons (Fsp3) is 0.258. The molecule has 9 heteroatoms. The van der Waals surface area contributed by atoms with Crippen LogP contribution >= 0.6 is 0 Å². The Hall–Kier alpha value is -4.50. The number of likely N-dealkylation sites (N-methyl/N-ethyl adjacent to an activating group) is 1. The molecule has 3 aromatic carbocycles. The third-order valence-corrected chi connectivity index (χ3v) is 7.33. The molecule has 5 rings (SSSR count). The predicted molar refractivity (Wildman–Crippen MR) is 154 cm³/mol. The Morgan fingerprint density at radius 1 is 0.925 bits per heavy atom. The highest BCUT2D eigenvalue weighted by Crippen LogP contribution is 2.38. The van der Waals surface area contributed by atoms with Gasteiger partial charge in [0.05, 0.1) is 17.0 Å². The van der Waals surface area contributed by atoms with Crippen LogP contribution in [-0.4, -0.2) is 67.8 Å². The Morgan fingerprint density at radius 2 is 1.60 bits per heavy atom. The summed E-state index contributed by atoms with van der Waals surface area (Å²) in [6.07, 6.45) is 0.966. The van der Waals surface area contributed by atoms with Gasteiger partial charge in [0.1, 0.15) is 5.82 Å². The van der Waals surface area contributed by atoms with E-state index in [1.54, 1.807) is 25.2 Å². The minimum Gasteiger partial charge on any atom is -0.359 e. The summed E-state index contributed by atoms with van der Waals surface area (Å²) in [4.78, 5) is 41.9. The fourth-order valence-electron chi connectivity index (χ4n) is 4.93. The van der Waals surface area contributed by atoms with Crippen LogP contribution in [0.4, 0.5) is 15.8 Å². The van der Waals surface area contributed by atoms with Crippen molar-refractivity contribution in [3.63, 3.8) is 0 Å². The first kappa shape index (κ1) is 27.1. The van der Waals surface area contributed by atoms with Crippen LogP contribution in [0.1, 0.15) is 33.5 Å². The van der Waals surface area contributed by atoms with E-state index < -0.39 is 5.82 Å². The van der Waals surface area contributed by atoms with E-state index in [0.717, 1.165) is 24.2 Å². The highest BCUT2D eigenvalue weighted by Gasteiger charge is 2.29. The number of anilines is 2. The van der Waals surface area contributed by atoms with E-state index in [1.165, 1.54) is 12.1 Å². The monoisotopic (exact) mass is 541 g/mol. The molecule has 0 spiro atoms. The molecule has 8 nitrogen and oxygen atoms in total. The van der Waals surface area contributed by atoms with Crippen LogP contribution in [0.15, 0.2) is 66.7 Å². The normalized spacial score (nSPS) is 16.3. The lowest BCUT2D eigenvalue weighted by molar-refractivity contribution is -0.120. The first-order valence-electron chi connectivity index (χ1n) is 13.3. The number of carbonyl (C=O) groups excluding carboxylic acids is 3. The fourth-order valence-corrected chi connectivity index (χ4v) is 4.93. The first-order chi connectivity index (χ1) is 19.3. The highest BCUT2D eigenvalue weighted by atomic mass is 19.1. The van der Waals surface area contributed by atoms with E-state index in [0.29, 0.717) is 59.7 Å². The summed E-state index contributed by atoms with van der Waals surface area (Å²) < 4.78 is 13.9. The van der Waals surface area contributed by atoms with Crippen LogP contribution in [0.25, 0.3) is 11.3 Å². The van der Waals surface area contributed by atoms with Crippen molar-refractivity contribution in [3.05, 3.63) is 94.8 Å². The molecule has 1 saturated heterocycles. The molecule has 40 heavy (non-hydrogen) atoms. The Bertz CT molecular complexity index is 1460. The molecule has 0 radical (unpaired) electrons. The summed E-state index contributed by atoms with van der Waals surface area (Å²) in [5.41, 5.74) is 5.00. The summed E-state index contributed by atoms with van der Waals surface area (Å²) >= 11 is 0. The van der Waals surface area contributed by atoms with Crippen molar-refractivity contribution in [1.29, 1.82) is 0 Å². The Labute approximate surface area is 232 Å². The van der Waals surface area contributed by atoms with Gasteiger partial charge >= 0.3 is 0 Å². The van der Waals surface area contributed by atoms with Crippen molar-refractivity contribution < 1.29 is 18.8 Å². The van der Waals surface area contributed by atoms with E-state index in [2.05, 4.69) is 20.9 Å². The second-order valence-electron chi connectivity index (χ2n) is 10.1. The smallest absolute Gasteiger partial charge is 0.258 e. The number of benzene rings is 3. The number of halogens is 1. The molecule has 0 unspecified atom stereocenters. The summed E-state index contributed by atoms with van der Waals surface area (Å²) in [5, 5.41) is 8.77. The highest BCUT2D eigenvalue weighted by molar-refractivity contribution is 6.37. The number of hydrogen-bond acceptors (Lipinski definition) is 5. The SMILES string of the molecule is CNC(=O)CCc1ccc(/C(Nc2ccc(C(=O)N3CCN(C)CC3)cc2)=C2/C(=O)Nc3cc(F)ccc32)cc1. The molecule has 0 saturated carbocycles. The molecule has 2 aliphatic heterocycles. The molecular weight excluding hydrogens is 509 g/mol. The van der Waals surface area contributed by atoms with Crippen LogP contribution in [0.3, 0.4) is 0 Å². The van der Waals surface area contributed by atoms with Gasteiger partial charge in [-0.1, -0.05) is 24.3 Å². The third-order valence-electron chi connectivity index (χ3n) is 7.33. The standard InChI is InChI=1S/C31H32FN5O3/c1-33-27(38)14-5-20-3-6-21(7-4-20)29(28-25-13-10-23(32)19-26(25)35-30(28)39)34-24-11-8-22(9-12-24)31(40)37-17-15-36(2)16-18-37/h3-4,6-13,19,34H,5,14-18H2,1-2H3,(H,33,38)(H,35,39)/b29-28-. The number of hydrogen-bond donors (Lipinski definition) is 3. The van der Waals surface area contributed by atoms with Gasteiger partial charge in [0.25, 0.3) is 11.8 Å². The average molecular weight is 542 g/mol. The van der Waals surface area contributed by atoms with Crippen LogP contribution < -0.4 is 16.0 Å². The van der Waals surface area contributed by atoms with Gasteiger partial charge in [-0.05, 0) is 67.1 Å². The average Bonchev–Trinajstić information content (AvgIpc) is 3.29. The number of piperazine rings is 1. The quantitative estimate of drug-likeness (QED) is 0.396. The van der Waals surface area contributed by atoms with E-state index in [4.69, 9.17) is 0 Å². The van der Waals surface area contributed by atoms with Crippen molar-refractivity contribution in [2.45, 2.75) is 12.8 Å². The lowest BCUT2D eigenvalue weighted by atomic mass is 9.98. The number of fused-ring (bicyclic) bond motifs is 1. The van der Waals surface area contributed by atoms with Crippen molar-refractivity contribution in [1.82, 2.24) is 15.1 Å². The molecule has 2 heterocycles. The van der Waals surface area contributed by atoms with Crippen molar-refractivity contribution in [2.24, 2.45) is 0 Å². The van der Waals surface area contributed by atoms with Crippen LogP contribution in [0.2, 0.25) is 0 Å². The van der Waals surface area contributed by atoms with Crippen LogP contribution in [-0.2, 0) is 16.0 Å². The molecule has 206 valence electrons. The zero-order chi connectivity index (χ0) is 28.2. The second-order valence-corrected chi connectivity index (χ2v) is 10.1. The van der Waals surface area contributed by atoms with Gasteiger partial charge in [-0.25, -0.2) is 4.39 Å². The molecule has 0 aromatic heterocycles. The number of aryl methyl sites for hydroxylation is 1. The van der Waals surface area contributed by atoms with Crippen LogP contribution in [0.5, 0.6) is 0 Å². The Balaban J connectivity index is 1.45. The zero-order valence-corrected chi connectivity index (χ0v) is 22.6. The second kappa shape index (κ2) is 11.7. The molecular formula is C31H32FN5O3. The zero-order valence-electron chi connectivity index (χ0n) is 22.6. The van der Waals surface area contributed by atoms with Gasteiger partial charge in [-0.15, -0.1) is 0 Å². The van der Waals surface area contributed by atoms with Gasteiger partial charge in [-0.3, -0.25) is 14.4 Å². The molecule has 0 aliphatic carbocycles. The number of nitrogens with zero attached hydrogens (tertiary/aromatic N) is 2. The van der Waals surface area contributed by atoms with Crippen molar-refractivity contribution in [3.8, 4) is 0 Å². The molecule has 2 aliphatic rings. The summed E-state index contributed by atoms with van der Waals surface area (Å²) in [6.45, 7) is 3.08. The number of carbonyl (C=O) groups is 3. The summed E-state index contributed by atoms with van der Waals surface area (Å²) in [6, 6.07) is 19.1. The molecule has 3 aromatic rings. The maximum atomic E-state index is 13.9. The predicted octanol–water partition coefficient (Wildman–Crippen LogP) is 3.82. The van der Waals surface area contributed by atoms with Gasteiger partial charge < -0.3 is 25.8 Å². The van der Waals surface area contributed by atoms with Gasteiger partial charge in [0.2, 0.25) is 5.91 Å². The third kappa shape index (κ3) is 5.89. The summed E-state index contributed by atoms with van der Waals surface area (Å²) in [7, 11) is 3.66. The van der Waals surface area contributed by atoms with E-state index >= 15 is 0 Å². The van der Waals surface area contributed by atoms with Crippen LogP contribution in [0, 0.1) is 5.82 Å². The number of rotatable bonds is 7. The van der Waals surface area contributed by atoms with E-state index in [1.807, 2.05) is 48.3 Å². The molecule has 3 N–H and O–H groups in total. The van der Waals surface area contributed by atoms with Gasteiger partial charge in [-0.2, -0.15) is 0 Å². The molecule has 0 atom stereocenters. The van der Waals surface area contributed by atoms with Gasteiger partial charge in [0, 0.05) is 56.5 Å². The lowest BCUT2D eigenvalue weighted by Gasteiger charge is -2.32. The van der Waals surface area contributed by atoms with E-state index in [-0.39, 0.29) is 17.7 Å². The van der Waals surface area contributed by atoms with Crippen molar-refractivity contribution >= 4 is 40.4 Å². The maximum absolute atomic E-state index is 13.9.